The number of methoxy groups -OCH3 is 2. The van der Waals surface area contributed by atoms with Crippen molar-refractivity contribution in [1.29, 1.82) is 5.26 Å². The number of hydrogen-bond donors (Lipinski definition) is 1. The van der Waals surface area contributed by atoms with Crippen LogP contribution < -0.4 is 9.47 Å². The Balaban J connectivity index is 3.21. The predicted octanol–water partition coefficient (Wildman–Crippen LogP) is 1.95. The van der Waals surface area contributed by atoms with E-state index in [4.69, 9.17) is 14.7 Å². The Kier molecular flexibility index (Phi) is 3.58. The van der Waals surface area contributed by atoms with Crippen molar-refractivity contribution in [3.8, 4) is 23.3 Å². The van der Waals surface area contributed by atoms with E-state index in [1.807, 2.05) is 6.07 Å². The number of nitriles is 1. The first-order chi connectivity index (χ1) is 7.22. The van der Waals surface area contributed by atoms with Crippen LogP contribution in [0, 0.1) is 11.3 Å². The fourth-order valence-electron chi connectivity index (χ4n) is 1.14. The van der Waals surface area contributed by atoms with Crippen molar-refractivity contribution in [2.75, 3.05) is 14.2 Å². The van der Waals surface area contributed by atoms with Crippen LogP contribution in [0.4, 0.5) is 0 Å². The van der Waals surface area contributed by atoms with E-state index >= 15 is 0 Å². The van der Waals surface area contributed by atoms with Gasteiger partial charge in [-0.3, -0.25) is 0 Å². The van der Waals surface area contributed by atoms with Crippen molar-refractivity contribution in [2.24, 2.45) is 0 Å². The number of phenols is 1. The number of phenolic OH excluding ortho intramolecular Hbond substituents is 1. The van der Waals surface area contributed by atoms with E-state index in [0.29, 0.717) is 11.5 Å². The van der Waals surface area contributed by atoms with Crippen LogP contribution in [-0.2, 0) is 0 Å². The van der Waals surface area contributed by atoms with Gasteiger partial charge in [-0.25, -0.2) is 0 Å². The molecule has 0 heterocycles. The number of benzene rings is 1. The minimum Gasteiger partial charge on any atom is -0.502 e. The molecule has 1 aromatic carbocycles. The third-order valence-corrected chi connectivity index (χ3v) is 1.85. The zero-order valence-electron chi connectivity index (χ0n) is 8.52. The van der Waals surface area contributed by atoms with Gasteiger partial charge in [0.25, 0.3) is 0 Å². The highest BCUT2D eigenvalue weighted by atomic mass is 16.5. The summed E-state index contributed by atoms with van der Waals surface area (Å²) in [5, 5.41) is 18.0. The highest BCUT2D eigenvalue weighted by Crippen LogP contribution is 2.37. The van der Waals surface area contributed by atoms with Gasteiger partial charge in [-0.1, -0.05) is 0 Å². The first-order valence-electron chi connectivity index (χ1n) is 4.24. The third kappa shape index (κ3) is 2.41. The maximum atomic E-state index is 9.60. The molecular weight excluding hydrogens is 194 g/mol. The highest BCUT2D eigenvalue weighted by molar-refractivity contribution is 5.62. The molecule has 0 fully saturated rings. The first kappa shape index (κ1) is 10.9. The summed E-state index contributed by atoms with van der Waals surface area (Å²) in [6.45, 7) is 0. The van der Waals surface area contributed by atoms with Gasteiger partial charge in [0.05, 0.1) is 20.3 Å². The lowest BCUT2D eigenvalue weighted by Crippen LogP contribution is -1.89. The molecule has 0 spiro atoms. The van der Waals surface area contributed by atoms with E-state index in [2.05, 4.69) is 0 Å². The number of nitrogens with zero attached hydrogens (tertiary/aromatic N) is 1. The maximum Gasteiger partial charge on any atom is 0.200 e. The molecule has 0 saturated heterocycles. The van der Waals surface area contributed by atoms with E-state index in [1.165, 1.54) is 20.3 Å². The van der Waals surface area contributed by atoms with E-state index in [-0.39, 0.29) is 5.75 Å². The van der Waals surface area contributed by atoms with Crippen molar-refractivity contribution in [1.82, 2.24) is 0 Å². The summed E-state index contributed by atoms with van der Waals surface area (Å²) in [6.07, 6.45) is 2.94. The Labute approximate surface area is 88.0 Å². The quantitative estimate of drug-likeness (QED) is 0.766. The Morgan fingerprint density at radius 2 is 1.80 bits per heavy atom. The van der Waals surface area contributed by atoms with Gasteiger partial charge in [0.2, 0.25) is 5.75 Å². The highest BCUT2D eigenvalue weighted by Gasteiger charge is 2.09. The molecule has 0 aliphatic carbocycles. The van der Waals surface area contributed by atoms with Crippen LogP contribution in [0.15, 0.2) is 18.2 Å². The molecule has 4 nitrogen and oxygen atoms in total. The van der Waals surface area contributed by atoms with Crippen LogP contribution in [0.25, 0.3) is 6.08 Å². The normalized spacial score (nSPS) is 9.93. The van der Waals surface area contributed by atoms with Crippen LogP contribution in [0.3, 0.4) is 0 Å². The van der Waals surface area contributed by atoms with Gasteiger partial charge in [-0.05, 0) is 23.8 Å². The Morgan fingerprint density at radius 1 is 1.27 bits per heavy atom. The molecule has 78 valence electrons. The summed E-state index contributed by atoms with van der Waals surface area (Å²) in [4.78, 5) is 0. The Hall–Kier alpha value is -2.15. The second-order valence-electron chi connectivity index (χ2n) is 2.74. The molecule has 0 radical (unpaired) electrons. The number of rotatable bonds is 3. The molecule has 1 aromatic rings. The zero-order valence-corrected chi connectivity index (χ0v) is 8.52. The van der Waals surface area contributed by atoms with E-state index in [9.17, 15) is 5.11 Å². The SMILES string of the molecule is COc1cc(C=CC#N)cc(OC)c1O. The molecule has 0 unspecified atom stereocenters. The Bertz CT molecular complexity index is 393. The summed E-state index contributed by atoms with van der Waals surface area (Å²) in [5.41, 5.74) is 0.725. The lowest BCUT2D eigenvalue weighted by molar-refractivity contribution is 0.340. The van der Waals surface area contributed by atoms with Crippen molar-refractivity contribution >= 4 is 6.08 Å². The number of allylic oxidation sites excluding steroid dienone is 1. The smallest absolute Gasteiger partial charge is 0.200 e. The number of hydrogen-bond acceptors (Lipinski definition) is 4. The molecular formula is C11H11NO3. The van der Waals surface area contributed by atoms with Gasteiger partial charge in [0.1, 0.15) is 0 Å². The molecule has 1 rings (SSSR count). The van der Waals surface area contributed by atoms with Crippen LogP contribution in [0.2, 0.25) is 0 Å². The maximum absolute atomic E-state index is 9.60. The first-order valence-corrected chi connectivity index (χ1v) is 4.24. The number of aromatic hydroxyl groups is 1. The largest absolute Gasteiger partial charge is 0.502 e. The van der Waals surface area contributed by atoms with Crippen molar-refractivity contribution in [3.63, 3.8) is 0 Å². The summed E-state index contributed by atoms with van der Waals surface area (Å²) in [7, 11) is 2.90. The molecule has 0 atom stereocenters. The van der Waals surface area contributed by atoms with Gasteiger partial charge in [-0.2, -0.15) is 5.26 Å². The van der Waals surface area contributed by atoms with Crippen molar-refractivity contribution in [3.05, 3.63) is 23.8 Å². The van der Waals surface area contributed by atoms with Crippen LogP contribution in [-0.4, -0.2) is 19.3 Å². The second kappa shape index (κ2) is 4.91. The molecule has 0 aliphatic heterocycles. The van der Waals surface area contributed by atoms with Crippen LogP contribution in [0.5, 0.6) is 17.2 Å². The van der Waals surface area contributed by atoms with Crippen molar-refractivity contribution < 1.29 is 14.6 Å². The monoisotopic (exact) mass is 205 g/mol. The van der Waals surface area contributed by atoms with E-state index in [0.717, 1.165) is 5.56 Å². The van der Waals surface area contributed by atoms with Gasteiger partial charge >= 0.3 is 0 Å². The molecule has 0 bridgehead atoms. The molecule has 0 amide bonds. The Morgan fingerprint density at radius 3 is 2.20 bits per heavy atom. The summed E-state index contributed by atoms with van der Waals surface area (Å²) >= 11 is 0. The van der Waals surface area contributed by atoms with Gasteiger partial charge < -0.3 is 14.6 Å². The van der Waals surface area contributed by atoms with Gasteiger partial charge in [-0.15, -0.1) is 0 Å². The lowest BCUT2D eigenvalue weighted by Gasteiger charge is -2.09. The fraction of sp³-hybridized carbons (Fsp3) is 0.182. The lowest BCUT2D eigenvalue weighted by atomic mass is 10.1. The average molecular weight is 205 g/mol. The van der Waals surface area contributed by atoms with Crippen molar-refractivity contribution in [2.45, 2.75) is 0 Å². The second-order valence-corrected chi connectivity index (χ2v) is 2.74. The molecule has 1 N–H and O–H groups in total. The van der Waals surface area contributed by atoms with Gasteiger partial charge in [0.15, 0.2) is 11.5 Å². The molecule has 0 aliphatic rings. The zero-order chi connectivity index (χ0) is 11.3. The third-order valence-electron chi connectivity index (χ3n) is 1.85. The molecule has 0 aromatic heterocycles. The predicted molar refractivity (Wildman–Crippen MR) is 55.9 cm³/mol. The van der Waals surface area contributed by atoms with Gasteiger partial charge in [0, 0.05) is 6.08 Å². The number of ether oxygens (including phenoxy) is 2. The summed E-state index contributed by atoms with van der Waals surface area (Å²) < 4.78 is 9.92. The molecule has 15 heavy (non-hydrogen) atoms. The van der Waals surface area contributed by atoms with E-state index in [1.54, 1.807) is 18.2 Å². The minimum atomic E-state index is -0.0471. The minimum absolute atomic E-state index is 0.0471. The summed E-state index contributed by atoms with van der Waals surface area (Å²) in [6, 6.07) is 5.11. The molecule has 4 heteroatoms. The molecule has 0 saturated carbocycles. The van der Waals surface area contributed by atoms with E-state index < -0.39 is 0 Å². The fourth-order valence-corrected chi connectivity index (χ4v) is 1.14. The average Bonchev–Trinajstić information content (AvgIpc) is 2.27. The summed E-state index contributed by atoms with van der Waals surface area (Å²) in [5.74, 6) is 0.577. The standard InChI is InChI=1S/C11H11NO3/c1-14-9-6-8(4-3-5-12)7-10(15-2)11(9)13/h3-4,6-7,13H,1-2H3. The van der Waals surface area contributed by atoms with Crippen LogP contribution in [0.1, 0.15) is 5.56 Å². The topological polar surface area (TPSA) is 62.5 Å². The van der Waals surface area contributed by atoms with Crippen LogP contribution >= 0.6 is 0 Å².